The zero-order valence-corrected chi connectivity index (χ0v) is 13.0. The second kappa shape index (κ2) is 6.71. The average molecular weight is 271 g/mol. The van der Waals surface area contributed by atoms with Crippen LogP contribution >= 0.6 is 0 Å². The third kappa shape index (κ3) is 3.48. The molecule has 0 aliphatic rings. The molecular formula is C17H25N3. The molecule has 20 heavy (non-hydrogen) atoms. The van der Waals surface area contributed by atoms with Crippen LogP contribution in [-0.2, 0) is 13.0 Å². The van der Waals surface area contributed by atoms with Crippen LogP contribution in [0.2, 0.25) is 0 Å². The van der Waals surface area contributed by atoms with E-state index < -0.39 is 0 Å². The van der Waals surface area contributed by atoms with Gasteiger partial charge in [-0.2, -0.15) is 0 Å². The topological polar surface area (TPSA) is 29.9 Å². The Bertz CT molecular complexity index is 537. The lowest BCUT2D eigenvalue weighted by Gasteiger charge is -2.20. The molecule has 108 valence electrons. The zero-order chi connectivity index (χ0) is 14.5. The summed E-state index contributed by atoms with van der Waals surface area (Å²) in [5.41, 5.74) is 4.00. The van der Waals surface area contributed by atoms with Gasteiger partial charge in [0.1, 0.15) is 5.82 Å². The molecule has 0 saturated heterocycles. The number of benzene rings is 1. The van der Waals surface area contributed by atoms with E-state index in [1.165, 1.54) is 16.7 Å². The summed E-state index contributed by atoms with van der Waals surface area (Å²) in [5.74, 6) is 1.15. The molecule has 1 aromatic carbocycles. The van der Waals surface area contributed by atoms with Gasteiger partial charge in [0, 0.05) is 31.4 Å². The molecule has 1 aromatic heterocycles. The highest BCUT2D eigenvalue weighted by atomic mass is 15.1. The van der Waals surface area contributed by atoms with Crippen LogP contribution in [0.3, 0.4) is 0 Å². The fraction of sp³-hybridized carbons (Fsp3) is 0.471. The maximum Gasteiger partial charge on any atom is 0.110 e. The largest absolute Gasteiger partial charge is 0.335 e. The highest BCUT2D eigenvalue weighted by molar-refractivity contribution is 5.31. The Morgan fingerprint density at radius 3 is 2.45 bits per heavy atom. The maximum atomic E-state index is 4.50. The number of nitrogens with one attached hydrogen (secondary N) is 1. The molecule has 1 atom stereocenters. The summed E-state index contributed by atoms with van der Waals surface area (Å²) < 4.78 is 2.22. The molecular weight excluding hydrogens is 246 g/mol. The monoisotopic (exact) mass is 271 g/mol. The van der Waals surface area contributed by atoms with Crippen molar-refractivity contribution in [1.29, 1.82) is 0 Å². The van der Waals surface area contributed by atoms with E-state index in [0.29, 0.717) is 6.04 Å². The van der Waals surface area contributed by atoms with Crippen LogP contribution in [-0.4, -0.2) is 16.1 Å². The van der Waals surface area contributed by atoms with Crippen molar-refractivity contribution in [2.24, 2.45) is 0 Å². The molecule has 1 unspecified atom stereocenters. The molecule has 3 nitrogen and oxygen atoms in total. The van der Waals surface area contributed by atoms with Crippen molar-refractivity contribution in [2.75, 3.05) is 6.54 Å². The molecule has 1 heterocycles. The lowest BCUT2D eigenvalue weighted by atomic mass is 9.98. The van der Waals surface area contributed by atoms with Gasteiger partial charge in [-0.3, -0.25) is 0 Å². The first-order chi connectivity index (χ1) is 9.63. The number of aryl methyl sites for hydroxylation is 3. The van der Waals surface area contributed by atoms with Crippen molar-refractivity contribution >= 4 is 0 Å². The normalized spacial score (nSPS) is 12.6. The average Bonchev–Trinajstić information content (AvgIpc) is 2.84. The van der Waals surface area contributed by atoms with Gasteiger partial charge in [-0.1, -0.05) is 36.2 Å². The molecule has 0 amide bonds. The van der Waals surface area contributed by atoms with Gasteiger partial charge < -0.3 is 9.88 Å². The lowest BCUT2D eigenvalue weighted by molar-refractivity contribution is 0.521. The van der Waals surface area contributed by atoms with Gasteiger partial charge in [0.05, 0.1) is 0 Å². The molecule has 0 fully saturated rings. The molecule has 2 rings (SSSR count). The van der Waals surface area contributed by atoms with E-state index in [1.54, 1.807) is 0 Å². The van der Waals surface area contributed by atoms with Gasteiger partial charge in [0.15, 0.2) is 0 Å². The third-order valence-electron chi connectivity index (χ3n) is 3.63. The van der Waals surface area contributed by atoms with Crippen LogP contribution in [0.15, 0.2) is 30.6 Å². The first kappa shape index (κ1) is 14.8. The Kier molecular flexibility index (Phi) is 4.96. The molecule has 1 N–H and O–H groups in total. The summed E-state index contributed by atoms with van der Waals surface area (Å²) in [4.78, 5) is 4.50. The predicted octanol–water partition coefficient (Wildman–Crippen LogP) is 3.41. The third-order valence-corrected chi connectivity index (χ3v) is 3.63. The van der Waals surface area contributed by atoms with Crippen LogP contribution < -0.4 is 5.32 Å². The van der Waals surface area contributed by atoms with Gasteiger partial charge in [0.2, 0.25) is 0 Å². The number of hydrogen-bond acceptors (Lipinski definition) is 2. The summed E-state index contributed by atoms with van der Waals surface area (Å²) in [7, 11) is 0. The van der Waals surface area contributed by atoms with Gasteiger partial charge in [-0.25, -0.2) is 4.98 Å². The van der Waals surface area contributed by atoms with E-state index in [9.17, 15) is 0 Å². The molecule has 0 saturated carbocycles. The molecule has 0 bridgehead atoms. The molecule has 0 aliphatic heterocycles. The zero-order valence-electron chi connectivity index (χ0n) is 13.0. The van der Waals surface area contributed by atoms with Gasteiger partial charge in [-0.15, -0.1) is 0 Å². The minimum Gasteiger partial charge on any atom is -0.335 e. The van der Waals surface area contributed by atoms with E-state index in [1.807, 2.05) is 6.20 Å². The van der Waals surface area contributed by atoms with Gasteiger partial charge in [-0.05, 0) is 32.9 Å². The fourth-order valence-electron chi connectivity index (χ4n) is 2.77. The van der Waals surface area contributed by atoms with E-state index >= 15 is 0 Å². The highest BCUT2D eigenvalue weighted by Gasteiger charge is 2.14. The van der Waals surface area contributed by atoms with Gasteiger partial charge in [0.25, 0.3) is 0 Å². The number of hydrogen-bond donors (Lipinski definition) is 1. The summed E-state index contributed by atoms with van der Waals surface area (Å²) in [6.07, 6.45) is 4.88. The van der Waals surface area contributed by atoms with Crippen LogP contribution in [0.5, 0.6) is 0 Å². The lowest BCUT2D eigenvalue weighted by Crippen LogP contribution is -2.24. The van der Waals surface area contributed by atoms with Crippen LogP contribution in [0.1, 0.15) is 42.4 Å². The minimum atomic E-state index is 0.325. The van der Waals surface area contributed by atoms with Crippen molar-refractivity contribution in [1.82, 2.24) is 14.9 Å². The van der Waals surface area contributed by atoms with Crippen molar-refractivity contribution in [3.8, 4) is 0 Å². The quantitative estimate of drug-likeness (QED) is 0.872. The van der Waals surface area contributed by atoms with E-state index in [4.69, 9.17) is 0 Å². The number of rotatable bonds is 6. The summed E-state index contributed by atoms with van der Waals surface area (Å²) in [6.45, 7) is 10.6. The summed E-state index contributed by atoms with van der Waals surface area (Å²) in [5, 5.41) is 3.59. The van der Waals surface area contributed by atoms with E-state index in [2.05, 4.69) is 67.0 Å². The van der Waals surface area contributed by atoms with Crippen molar-refractivity contribution in [2.45, 2.75) is 46.7 Å². The van der Waals surface area contributed by atoms with E-state index in [0.717, 1.165) is 25.3 Å². The summed E-state index contributed by atoms with van der Waals surface area (Å²) >= 11 is 0. The maximum absolute atomic E-state index is 4.50. The molecule has 2 aromatic rings. The summed E-state index contributed by atoms with van der Waals surface area (Å²) in [6, 6.07) is 7.10. The first-order valence-corrected chi connectivity index (χ1v) is 7.45. The SMILES string of the molecule is CCNC(Cc1nccn1CC)c1cc(C)cc(C)c1. The molecule has 0 spiro atoms. The Morgan fingerprint density at radius 1 is 1.15 bits per heavy atom. The highest BCUT2D eigenvalue weighted by Crippen LogP contribution is 2.20. The number of likely N-dealkylation sites (N-methyl/N-ethyl adjacent to an activating group) is 1. The van der Waals surface area contributed by atoms with Crippen LogP contribution in [0.25, 0.3) is 0 Å². The minimum absolute atomic E-state index is 0.325. The molecule has 0 radical (unpaired) electrons. The van der Waals surface area contributed by atoms with Crippen molar-refractivity contribution in [3.63, 3.8) is 0 Å². The van der Waals surface area contributed by atoms with Crippen molar-refractivity contribution < 1.29 is 0 Å². The smallest absolute Gasteiger partial charge is 0.110 e. The Morgan fingerprint density at radius 2 is 1.85 bits per heavy atom. The number of nitrogens with zero attached hydrogens (tertiary/aromatic N) is 2. The van der Waals surface area contributed by atoms with Crippen LogP contribution in [0.4, 0.5) is 0 Å². The molecule has 3 heteroatoms. The number of imidazole rings is 1. The Balaban J connectivity index is 2.26. The van der Waals surface area contributed by atoms with Crippen molar-refractivity contribution in [3.05, 3.63) is 53.1 Å². The van der Waals surface area contributed by atoms with E-state index in [-0.39, 0.29) is 0 Å². The Hall–Kier alpha value is -1.61. The molecule has 0 aliphatic carbocycles. The number of aromatic nitrogens is 2. The second-order valence-corrected chi connectivity index (χ2v) is 5.36. The Labute approximate surface area is 122 Å². The van der Waals surface area contributed by atoms with Crippen LogP contribution in [0, 0.1) is 13.8 Å². The second-order valence-electron chi connectivity index (χ2n) is 5.36. The fourth-order valence-corrected chi connectivity index (χ4v) is 2.77. The predicted molar refractivity (Wildman–Crippen MR) is 83.9 cm³/mol. The first-order valence-electron chi connectivity index (χ1n) is 7.45. The van der Waals surface area contributed by atoms with Gasteiger partial charge >= 0.3 is 0 Å². The standard InChI is InChI=1S/C17H25N3/c1-5-18-16(12-17-19-7-8-20(17)6-2)15-10-13(3)9-14(4)11-15/h7-11,16,18H,5-6,12H2,1-4H3.